The van der Waals surface area contributed by atoms with Crippen molar-refractivity contribution < 1.29 is 4.79 Å². The van der Waals surface area contributed by atoms with Gasteiger partial charge in [0.15, 0.2) is 0 Å². The summed E-state index contributed by atoms with van der Waals surface area (Å²) in [5, 5.41) is 3.22. The zero-order valence-electron chi connectivity index (χ0n) is 15.1. The first-order chi connectivity index (χ1) is 12.8. The highest BCUT2D eigenvalue weighted by molar-refractivity contribution is 5.91. The summed E-state index contributed by atoms with van der Waals surface area (Å²) in [6.07, 6.45) is 8.18. The molecular formula is C23H26N2O. The number of nitrogens with zero attached hydrogens (tertiary/aromatic N) is 1. The van der Waals surface area contributed by atoms with Gasteiger partial charge in [-0.2, -0.15) is 0 Å². The zero-order chi connectivity index (χ0) is 17.8. The largest absolute Gasteiger partial charge is 0.350 e. The smallest absolute Gasteiger partial charge is 0.244 e. The molecule has 1 unspecified atom stereocenters. The molecule has 1 N–H and O–H groups in total. The molecule has 26 heavy (non-hydrogen) atoms. The predicted octanol–water partition coefficient (Wildman–Crippen LogP) is 4.01. The maximum Gasteiger partial charge on any atom is 0.244 e. The van der Waals surface area contributed by atoms with Gasteiger partial charge in [-0.05, 0) is 42.9 Å². The monoisotopic (exact) mass is 346 g/mol. The fourth-order valence-corrected chi connectivity index (χ4v) is 4.43. The highest BCUT2D eigenvalue weighted by Crippen LogP contribution is 2.36. The highest BCUT2D eigenvalue weighted by atomic mass is 16.1. The van der Waals surface area contributed by atoms with Crippen LogP contribution < -0.4 is 5.32 Å². The fraction of sp³-hybridized carbons (Fsp3) is 0.348. The summed E-state index contributed by atoms with van der Waals surface area (Å²) >= 11 is 0. The van der Waals surface area contributed by atoms with Gasteiger partial charge in [0.1, 0.15) is 0 Å². The van der Waals surface area contributed by atoms with Gasteiger partial charge in [-0.3, -0.25) is 9.69 Å². The second kappa shape index (κ2) is 7.88. The van der Waals surface area contributed by atoms with E-state index in [1.165, 1.54) is 18.4 Å². The number of piperidine rings is 1. The van der Waals surface area contributed by atoms with Gasteiger partial charge in [-0.1, -0.05) is 60.7 Å². The van der Waals surface area contributed by atoms with E-state index in [4.69, 9.17) is 0 Å². The van der Waals surface area contributed by atoms with Crippen molar-refractivity contribution in [1.82, 2.24) is 10.2 Å². The summed E-state index contributed by atoms with van der Waals surface area (Å²) in [5.41, 5.74) is 2.44. The maximum absolute atomic E-state index is 12.3. The average Bonchev–Trinajstić information content (AvgIpc) is 2.90. The highest BCUT2D eigenvalue weighted by Gasteiger charge is 2.40. The van der Waals surface area contributed by atoms with E-state index in [-0.39, 0.29) is 5.91 Å². The van der Waals surface area contributed by atoms with Gasteiger partial charge in [0.2, 0.25) is 5.91 Å². The summed E-state index contributed by atoms with van der Waals surface area (Å²) in [5.74, 6) is 0.0229. The molecule has 0 radical (unpaired) electrons. The summed E-state index contributed by atoms with van der Waals surface area (Å²) in [6.45, 7) is 1.03. The van der Waals surface area contributed by atoms with Gasteiger partial charge in [0, 0.05) is 30.7 Å². The van der Waals surface area contributed by atoms with E-state index in [2.05, 4.69) is 40.5 Å². The van der Waals surface area contributed by atoms with Crippen LogP contribution in [0.5, 0.6) is 0 Å². The number of carbonyl (C=O) groups excluding carboxylic acids is 1. The Morgan fingerprint density at radius 1 is 0.962 bits per heavy atom. The van der Waals surface area contributed by atoms with Crippen molar-refractivity contribution in [1.29, 1.82) is 0 Å². The Kier molecular flexibility index (Phi) is 5.16. The lowest BCUT2D eigenvalue weighted by molar-refractivity contribution is -0.117. The number of hydrogen-bond donors (Lipinski definition) is 1. The molecule has 2 aromatic rings. The third-order valence-corrected chi connectivity index (χ3v) is 5.67. The number of nitrogens with one attached hydrogen (secondary N) is 1. The molecule has 3 nitrogen and oxygen atoms in total. The molecule has 0 aromatic heterocycles. The van der Waals surface area contributed by atoms with Gasteiger partial charge in [-0.15, -0.1) is 0 Å². The fourth-order valence-electron chi connectivity index (χ4n) is 4.43. The number of rotatable bonds is 5. The van der Waals surface area contributed by atoms with E-state index < -0.39 is 0 Å². The van der Waals surface area contributed by atoms with Crippen LogP contribution in [0.25, 0.3) is 6.08 Å². The van der Waals surface area contributed by atoms with Gasteiger partial charge >= 0.3 is 0 Å². The van der Waals surface area contributed by atoms with Crippen molar-refractivity contribution >= 4 is 12.0 Å². The van der Waals surface area contributed by atoms with Crippen LogP contribution in [-0.4, -0.2) is 28.9 Å². The van der Waals surface area contributed by atoms with Gasteiger partial charge in [-0.25, -0.2) is 0 Å². The van der Waals surface area contributed by atoms with Crippen molar-refractivity contribution in [3.63, 3.8) is 0 Å². The van der Waals surface area contributed by atoms with Crippen molar-refractivity contribution in [3.05, 3.63) is 77.9 Å². The van der Waals surface area contributed by atoms with Crippen molar-refractivity contribution in [2.24, 2.45) is 0 Å². The van der Waals surface area contributed by atoms with Gasteiger partial charge < -0.3 is 5.32 Å². The Morgan fingerprint density at radius 3 is 2.23 bits per heavy atom. The minimum Gasteiger partial charge on any atom is -0.350 e. The molecule has 4 rings (SSSR count). The first-order valence-corrected chi connectivity index (χ1v) is 9.61. The summed E-state index contributed by atoms with van der Waals surface area (Å²) in [7, 11) is 0. The Bertz CT molecular complexity index is 742. The molecular weight excluding hydrogens is 320 g/mol. The molecule has 0 spiro atoms. The lowest BCUT2D eigenvalue weighted by Crippen LogP contribution is -2.49. The topological polar surface area (TPSA) is 32.3 Å². The third-order valence-electron chi connectivity index (χ3n) is 5.67. The van der Waals surface area contributed by atoms with Gasteiger partial charge in [0.25, 0.3) is 0 Å². The van der Waals surface area contributed by atoms with E-state index in [9.17, 15) is 4.79 Å². The lowest BCUT2D eigenvalue weighted by Gasteiger charge is -2.39. The average molecular weight is 346 g/mol. The predicted molar refractivity (Wildman–Crippen MR) is 105 cm³/mol. The minimum atomic E-state index is 0.0229. The molecule has 1 amide bonds. The first kappa shape index (κ1) is 17.0. The van der Waals surface area contributed by atoms with E-state index in [0.29, 0.717) is 18.1 Å². The molecule has 134 valence electrons. The van der Waals surface area contributed by atoms with Crippen LogP contribution in [0.1, 0.15) is 36.8 Å². The van der Waals surface area contributed by atoms with E-state index >= 15 is 0 Å². The molecule has 0 aliphatic carbocycles. The molecule has 2 heterocycles. The normalized spacial score (nSPS) is 25.5. The van der Waals surface area contributed by atoms with Crippen LogP contribution >= 0.6 is 0 Å². The van der Waals surface area contributed by atoms with Crippen LogP contribution in [0, 0.1) is 0 Å². The molecule has 3 heteroatoms. The van der Waals surface area contributed by atoms with E-state index in [0.717, 1.165) is 24.9 Å². The van der Waals surface area contributed by atoms with Crippen LogP contribution in [0.3, 0.4) is 0 Å². The third kappa shape index (κ3) is 4.05. The van der Waals surface area contributed by atoms with Crippen molar-refractivity contribution in [2.75, 3.05) is 0 Å². The molecule has 2 fully saturated rings. The maximum atomic E-state index is 12.3. The molecule has 2 bridgehead atoms. The van der Waals surface area contributed by atoms with Gasteiger partial charge in [0.05, 0.1) is 0 Å². The number of hydrogen-bond acceptors (Lipinski definition) is 2. The zero-order valence-corrected chi connectivity index (χ0v) is 15.1. The molecule has 2 aliphatic rings. The van der Waals surface area contributed by atoms with Crippen molar-refractivity contribution in [2.45, 2.75) is 50.4 Å². The van der Waals surface area contributed by atoms with Crippen LogP contribution in [0.4, 0.5) is 0 Å². The molecule has 2 saturated heterocycles. The number of fused-ring (bicyclic) bond motifs is 2. The molecule has 2 aromatic carbocycles. The minimum absolute atomic E-state index is 0.0229. The van der Waals surface area contributed by atoms with E-state index in [1.54, 1.807) is 6.08 Å². The number of carbonyl (C=O) groups is 1. The summed E-state index contributed by atoms with van der Waals surface area (Å²) < 4.78 is 0. The van der Waals surface area contributed by atoms with E-state index in [1.807, 2.05) is 36.4 Å². The molecule has 3 atom stereocenters. The lowest BCUT2D eigenvalue weighted by atomic mass is 9.96. The Labute approximate surface area is 155 Å². The first-order valence-electron chi connectivity index (χ1n) is 9.61. The second-order valence-corrected chi connectivity index (χ2v) is 7.46. The quantitative estimate of drug-likeness (QED) is 0.830. The second-order valence-electron chi connectivity index (χ2n) is 7.46. The Hall–Kier alpha value is -2.39. The van der Waals surface area contributed by atoms with Crippen LogP contribution in [-0.2, 0) is 11.3 Å². The van der Waals surface area contributed by atoms with Crippen LogP contribution in [0.2, 0.25) is 0 Å². The van der Waals surface area contributed by atoms with Crippen LogP contribution in [0.15, 0.2) is 66.7 Å². The molecule has 0 saturated carbocycles. The Morgan fingerprint density at radius 2 is 1.58 bits per heavy atom. The summed E-state index contributed by atoms with van der Waals surface area (Å²) in [6, 6.07) is 22.2. The summed E-state index contributed by atoms with van der Waals surface area (Å²) in [4.78, 5) is 14.9. The van der Waals surface area contributed by atoms with Crippen molar-refractivity contribution in [3.8, 4) is 0 Å². The standard InChI is InChI=1S/C23H26N2O/c26-23(14-11-18-7-3-1-4-8-18)24-20-15-21-12-13-22(16-20)25(21)17-19-9-5-2-6-10-19/h1-11,14,20-22H,12-13,15-17H2,(H,24,26)/b14-11+/t20?,21-,22+. The number of benzene rings is 2. The Balaban J connectivity index is 1.32. The SMILES string of the molecule is O=C(/C=C/c1ccccc1)NC1C[C@H]2CC[C@@H](C1)N2Cc1ccccc1. The number of amides is 1. The molecule has 2 aliphatic heterocycles.